The molecule has 0 amide bonds. The Morgan fingerprint density at radius 2 is 2.39 bits per heavy atom. The van der Waals surface area contributed by atoms with Crippen molar-refractivity contribution in [3.8, 4) is 0 Å². The lowest BCUT2D eigenvalue weighted by atomic mass is 10.2. The van der Waals surface area contributed by atoms with E-state index in [9.17, 15) is 8.42 Å². The van der Waals surface area contributed by atoms with Crippen LogP contribution in [0.15, 0.2) is 4.90 Å². The lowest BCUT2D eigenvalue weighted by Crippen LogP contribution is -2.32. The van der Waals surface area contributed by atoms with E-state index in [1.807, 2.05) is 0 Å². The highest BCUT2D eigenvalue weighted by molar-refractivity contribution is 7.89. The van der Waals surface area contributed by atoms with Crippen LogP contribution in [0.5, 0.6) is 0 Å². The Hall–Kier alpha value is -0.960. The van der Waals surface area contributed by atoms with Gasteiger partial charge in [0.15, 0.2) is 0 Å². The Morgan fingerprint density at radius 1 is 1.61 bits per heavy atom. The van der Waals surface area contributed by atoms with E-state index in [1.54, 1.807) is 6.92 Å². The molecule has 0 saturated carbocycles. The Labute approximate surface area is 106 Å². The minimum absolute atomic E-state index is 0.0340. The van der Waals surface area contributed by atoms with E-state index in [-0.39, 0.29) is 24.1 Å². The van der Waals surface area contributed by atoms with Crippen molar-refractivity contribution in [2.75, 3.05) is 13.2 Å². The van der Waals surface area contributed by atoms with Gasteiger partial charge in [-0.3, -0.25) is 5.10 Å². The monoisotopic (exact) mass is 274 g/mol. The summed E-state index contributed by atoms with van der Waals surface area (Å²) in [6, 6.07) is 0. The van der Waals surface area contributed by atoms with E-state index in [4.69, 9.17) is 10.5 Å². The largest absolute Gasteiger partial charge is 0.377 e. The third-order valence-corrected chi connectivity index (χ3v) is 4.57. The highest BCUT2D eigenvalue weighted by Gasteiger charge is 2.25. The molecule has 8 heteroatoms. The number of aryl methyl sites for hydroxylation is 1. The van der Waals surface area contributed by atoms with Crippen LogP contribution in [0.3, 0.4) is 0 Å². The van der Waals surface area contributed by atoms with E-state index in [0.717, 1.165) is 12.8 Å². The van der Waals surface area contributed by atoms with Crippen molar-refractivity contribution in [2.24, 2.45) is 5.73 Å². The SMILES string of the molecule is Cc1[nH]nc(CN)c1S(=O)(=O)NCC1CCCO1. The fraction of sp³-hybridized carbons (Fsp3) is 0.700. The summed E-state index contributed by atoms with van der Waals surface area (Å²) < 4.78 is 32.3. The average Bonchev–Trinajstić information content (AvgIpc) is 2.95. The zero-order valence-electron chi connectivity index (χ0n) is 10.3. The first-order valence-electron chi connectivity index (χ1n) is 5.90. The fourth-order valence-electron chi connectivity index (χ4n) is 2.04. The molecule has 102 valence electrons. The number of sulfonamides is 1. The van der Waals surface area contributed by atoms with E-state index < -0.39 is 10.0 Å². The van der Waals surface area contributed by atoms with Crippen LogP contribution in [0.2, 0.25) is 0 Å². The maximum atomic E-state index is 12.2. The van der Waals surface area contributed by atoms with Gasteiger partial charge in [0.2, 0.25) is 10.0 Å². The summed E-state index contributed by atoms with van der Waals surface area (Å²) >= 11 is 0. The molecule has 1 aromatic rings. The average molecular weight is 274 g/mol. The second-order valence-electron chi connectivity index (χ2n) is 4.32. The third kappa shape index (κ3) is 2.72. The molecular formula is C10H18N4O3S. The van der Waals surface area contributed by atoms with Crippen molar-refractivity contribution < 1.29 is 13.2 Å². The minimum Gasteiger partial charge on any atom is -0.377 e. The topological polar surface area (TPSA) is 110 Å². The fourth-order valence-corrected chi connectivity index (χ4v) is 3.48. The van der Waals surface area contributed by atoms with Crippen molar-refractivity contribution >= 4 is 10.0 Å². The molecule has 1 atom stereocenters. The number of aromatic amines is 1. The molecule has 1 aliphatic rings. The van der Waals surface area contributed by atoms with E-state index in [0.29, 0.717) is 18.0 Å². The Kier molecular flexibility index (Phi) is 4.00. The van der Waals surface area contributed by atoms with E-state index in [1.165, 1.54) is 0 Å². The van der Waals surface area contributed by atoms with Gasteiger partial charge in [-0.05, 0) is 19.8 Å². The molecule has 1 aromatic heterocycles. The van der Waals surface area contributed by atoms with Crippen LogP contribution in [0, 0.1) is 6.92 Å². The number of nitrogens with one attached hydrogen (secondary N) is 2. The third-order valence-electron chi connectivity index (χ3n) is 2.95. The molecule has 0 aliphatic carbocycles. The number of rotatable bonds is 5. The molecule has 2 rings (SSSR count). The smallest absolute Gasteiger partial charge is 0.244 e. The molecular weight excluding hydrogens is 256 g/mol. The zero-order valence-corrected chi connectivity index (χ0v) is 11.1. The van der Waals surface area contributed by atoms with Crippen LogP contribution in [0.25, 0.3) is 0 Å². The van der Waals surface area contributed by atoms with Gasteiger partial charge in [0.05, 0.1) is 17.5 Å². The Bertz CT molecular complexity index is 505. The zero-order chi connectivity index (χ0) is 13.2. The summed E-state index contributed by atoms with van der Waals surface area (Å²) in [7, 11) is -3.58. The number of hydrogen-bond donors (Lipinski definition) is 3. The molecule has 1 saturated heterocycles. The van der Waals surface area contributed by atoms with E-state index in [2.05, 4.69) is 14.9 Å². The van der Waals surface area contributed by atoms with Crippen LogP contribution in [-0.4, -0.2) is 37.9 Å². The summed E-state index contributed by atoms with van der Waals surface area (Å²) in [5.74, 6) is 0. The molecule has 4 N–H and O–H groups in total. The molecule has 1 aliphatic heterocycles. The van der Waals surface area contributed by atoms with Gasteiger partial charge in [-0.2, -0.15) is 5.10 Å². The van der Waals surface area contributed by atoms with Gasteiger partial charge in [0, 0.05) is 19.7 Å². The second kappa shape index (κ2) is 5.35. The van der Waals surface area contributed by atoms with E-state index >= 15 is 0 Å². The van der Waals surface area contributed by atoms with Gasteiger partial charge in [0.25, 0.3) is 0 Å². The molecule has 18 heavy (non-hydrogen) atoms. The number of H-pyrrole nitrogens is 1. The maximum Gasteiger partial charge on any atom is 0.244 e. The van der Waals surface area contributed by atoms with Crippen LogP contribution in [-0.2, 0) is 21.3 Å². The molecule has 0 bridgehead atoms. The predicted molar refractivity (Wildman–Crippen MR) is 65.4 cm³/mol. The lowest BCUT2D eigenvalue weighted by Gasteiger charge is -2.11. The highest BCUT2D eigenvalue weighted by Crippen LogP contribution is 2.18. The van der Waals surface area contributed by atoms with Gasteiger partial charge in [-0.1, -0.05) is 0 Å². The number of ether oxygens (including phenoxy) is 1. The van der Waals surface area contributed by atoms with Crippen LogP contribution >= 0.6 is 0 Å². The van der Waals surface area contributed by atoms with Crippen LogP contribution in [0.1, 0.15) is 24.2 Å². The Morgan fingerprint density at radius 3 is 3.00 bits per heavy atom. The molecule has 1 unspecified atom stereocenters. The van der Waals surface area contributed by atoms with Crippen molar-refractivity contribution in [2.45, 2.75) is 37.3 Å². The first-order valence-corrected chi connectivity index (χ1v) is 7.38. The second-order valence-corrected chi connectivity index (χ2v) is 6.02. The van der Waals surface area contributed by atoms with Gasteiger partial charge in [0.1, 0.15) is 4.90 Å². The van der Waals surface area contributed by atoms with Gasteiger partial charge in [-0.15, -0.1) is 0 Å². The molecule has 2 heterocycles. The van der Waals surface area contributed by atoms with Gasteiger partial charge in [-0.25, -0.2) is 13.1 Å². The summed E-state index contributed by atoms with van der Waals surface area (Å²) in [5.41, 5.74) is 6.33. The number of nitrogens with two attached hydrogens (primary N) is 1. The molecule has 0 aromatic carbocycles. The number of aromatic nitrogens is 2. The van der Waals surface area contributed by atoms with Crippen molar-refractivity contribution in [1.82, 2.24) is 14.9 Å². The van der Waals surface area contributed by atoms with Crippen LogP contribution in [0.4, 0.5) is 0 Å². The molecule has 7 nitrogen and oxygen atoms in total. The maximum absolute atomic E-state index is 12.2. The normalized spacial score (nSPS) is 20.4. The predicted octanol–water partition coefficient (Wildman–Crippen LogP) is -0.366. The highest BCUT2D eigenvalue weighted by atomic mass is 32.2. The molecule has 1 fully saturated rings. The summed E-state index contributed by atoms with van der Waals surface area (Å²) in [5, 5.41) is 6.52. The first-order chi connectivity index (χ1) is 8.54. The summed E-state index contributed by atoms with van der Waals surface area (Å²) in [6.07, 6.45) is 1.83. The quantitative estimate of drug-likeness (QED) is 0.679. The van der Waals surface area contributed by atoms with Gasteiger partial charge >= 0.3 is 0 Å². The van der Waals surface area contributed by atoms with Crippen molar-refractivity contribution in [3.63, 3.8) is 0 Å². The summed E-state index contributed by atoms with van der Waals surface area (Å²) in [6.45, 7) is 2.73. The number of nitrogens with zero attached hydrogens (tertiary/aromatic N) is 1. The number of hydrogen-bond acceptors (Lipinski definition) is 5. The first kappa shape index (κ1) is 13.5. The Balaban J connectivity index is 2.11. The van der Waals surface area contributed by atoms with Crippen LogP contribution < -0.4 is 10.5 Å². The standard InChI is InChI=1S/C10H18N4O3S/c1-7-10(9(5-11)14-13-7)18(15,16)12-6-8-3-2-4-17-8/h8,12H,2-6,11H2,1H3,(H,13,14). The summed E-state index contributed by atoms with van der Waals surface area (Å²) in [4.78, 5) is 0.156. The molecule has 0 spiro atoms. The van der Waals surface area contributed by atoms with Gasteiger partial charge < -0.3 is 10.5 Å². The minimum atomic E-state index is -3.58. The van der Waals surface area contributed by atoms with Crippen molar-refractivity contribution in [3.05, 3.63) is 11.4 Å². The lowest BCUT2D eigenvalue weighted by molar-refractivity contribution is 0.114. The molecule has 0 radical (unpaired) electrons. The van der Waals surface area contributed by atoms with Crippen molar-refractivity contribution in [1.29, 1.82) is 0 Å².